The molecule has 1 aromatic heterocycles. The Labute approximate surface area is 96.0 Å². The third-order valence-corrected chi connectivity index (χ3v) is 4.96. The molecular weight excluding hydrogens is 224 g/mol. The summed E-state index contributed by atoms with van der Waals surface area (Å²) in [6.45, 7) is 3.32. The van der Waals surface area contributed by atoms with Crippen LogP contribution in [0, 0.1) is 6.92 Å². The van der Waals surface area contributed by atoms with Crippen LogP contribution in [0.3, 0.4) is 0 Å². The van der Waals surface area contributed by atoms with Crippen molar-refractivity contribution in [3.05, 3.63) is 23.9 Å². The number of nitrogens with one attached hydrogen (secondary N) is 1. The predicted octanol–water partition coefficient (Wildman–Crippen LogP) is 0.916. The number of aromatic nitrogens is 1. The summed E-state index contributed by atoms with van der Waals surface area (Å²) in [4.78, 5) is 3.97. The molecule has 88 valence electrons. The number of pyridine rings is 1. The van der Waals surface area contributed by atoms with Gasteiger partial charge in [0.2, 0.25) is 0 Å². The normalized spacial score (nSPS) is 21.9. The number of rotatable bonds is 2. The molecule has 16 heavy (non-hydrogen) atoms. The summed E-state index contributed by atoms with van der Waals surface area (Å²) in [6, 6.07) is 3.45. The number of sulfone groups is 1. The lowest BCUT2D eigenvalue weighted by Gasteiger charge is -2.22. The van der Waals surface area contributed by atoms with Gasteiger partial charge in [0.05, 0.1) is 5.25 Å². The Kier molecular flexibility index (Phi) is 3.25. The van der Waals surface area contributed by atoms with E-state index in [0.29, 0.717) is 6.54 Å². The van der Waals surface area contributed by atoms with Gasteiger partial charge < -0.3 is 5.32 Å². The molecule has 0 radical (unpaired) electrons. The fourth-order valence-electron chi connectivity index (χ4n) is 1.92. The van der Waals surface area contributed by atoms with E-state index in [4.69, 9.17) is 0 Å². The maximum absolute atomic E-state index is 12.2. The first-order valence-corrected chi connectivity index (χ1v) is 7.02. The summed E-state index contributed by atoms with van der Waals surface area (Å²) in [5, 5.41) is 3.00. The summed E-state index contributed by atoms with van der Waals surface area (Å²) in [5.74, 6) is 0. The molecule has 0 saturated carbocycles. The van der Waals surface area contributed by atoms with E-state index >= 15 is 0 Å². The Bertz CT molecular complexity index is 465. The smallest absolute Gasteiger partial charge is 0.199 e. The first-order valence-electron chi connectivity index (χ1n) is 5.48. The van der Waals surface area contributed by atoms with E-state index in [9.17, 15) is 8.42 Å². The topological polar surface area (TPSA) is 59.1 Å². The van der Waals surface area contributed by atoms with Crippen LogP contribution < -0.4 is 5.32 Å². The van der Waals surface area contributed by atoms with Gasteiger partial charge in [0.25, 0.3) is 0 Å². The minimum absolute atomic E-state index is 0.209. The Hall–Kier alpha value is -0.940. The van der Waals surface area contributed by atoms with Gasteiger partial charge in [-0.05, 0) is 44.0 Å². The molecule has 0 spiro atoms. The Morgan fingerprint density at radius 1 is 1.50 bits per heavy atom. The van der Waals surface area contributed by atoms with Crippen LogP contribution in [-0.2, 0) is 9.84 Å². The third-order valence-electron chi connectivity index (χ3n) is 2.87. The maximum atomic E-state index is 12.2. The SMILES string of the molecule is Cc1ccnc(S(=O)(=O)C2CCCNC2)c1. The summed E-state index contributed by atoms with van der Waals surface area (Å²) in [6.07, 6.45) is 3.19. The van der Waals surface area contributed by atoms with Crippen molar-refractivity contribution in [2.45, 2.75) is 30.0 Å². The molecule has 5 heteroatoms. The van der Waals surface area contributed by atoms with Crippen LogP contribution in [0.2, 0.25) is 0 Å². The molecular formula is C11H16N2O2S. The van der Waals surface area contributed by atoms with Crippen molar-refractivity contribution in [2.75, 3.05) is 13.1 Å². The minimum Gasteiger partial charge on any atom is -0.315 e. The highest BCUT2D eigenvalue weighted by Gasteiger charge is 2.29. The summed E-state index contributed by atoms with van der Waals surface area (Å²) in [7, 11) is -3.26. The second kappa shape index (κ2) is 4.51. The van der Waals surface area contributed by atoms with Gasteiger partial charge in [-0.1, -0.05) is 0 Å². The fourth-order valence-corrected chi connectivity index (χ4v) is 3.63. The number of nitrogens with zero attached hydrogens (tertiary/aromatic N) is 1. The zero-order valence-corrected chi connectivity index (χ0v) is 10.1. The van der Waals surface area contributed by atoms with Crippen LogP contribution in [0.15, 0.2) is 23.4 Å². The molecule has 0 aromatic carbocycles. The minimum atomic E-state index is -3.26. The second-order valence-corrected chi connectivity index (χ2v) is 6.36. The van der Waals surface area contributed by atoms with E-state index in [1.807, 2.05) is 6.92 Å². The molecule has 0 bridgehead atoms. The van der Waals surface area contributed by atoms with Gasteiger partial charge in [-0.3, -0.25) is 0 Å². The van der Waals surface area contributed by atoms with E-state index in [1.54, 1.807) is 18.3 Å². The van der Waals surface area contributed by atoms with Gasteiger partial charge in [-0.2, -0.15) is 0 Å². The van der Waals surface area contributed by atoms with Crippen molar-refractivity contribution in [3.63, 3.8) is 0 Å². The van der Waals surface area contributed by atoms with Crippen LogP contribution in [0.4, 0.5) is 0 Å². The highest BCUT2D eigenvalue weighted by atomic mass is 32.2. The molecule has 0 aliphatic carbocycles. The molecule has 1 fully saturated rings. The molecule has 4 nitrogen and oxygen atoms in total. The van der Waals surface area contributed by atoms with Gasteiger partial charge in [0.15, 0.2) is 14.9 Å². The number of hydrogen-bond donors (Lipinski definition) is 1. The number of piperidine rings is 1. The largest absolute Gasteiger partial charge is 0.315 e. The molecule has 0 amide bonds. The van der Waals surface area contributed by atoms with Crippen LogP contribution >= 0.6 is 0 Å². The van der Waals surface area contributed by atoms with Crippen LogP contribution in [0.5, 0.6) is 0 Å². The monoisotopic (exact) mass is 240 g/mol. The summed E-state index contributed by atoms with van der Waals surface area (Å²) >= 11 is 0. The lowest BCUT2D eigenvalue weighted by Crippen LogP contribution is -2.39. The van der Waals surface area contributed by atoms with Crippen molar-refractivity contribution < 1.29 is 8.42 Å². The lowest BCUT2D eigenvalue weighted by molar-refractivity contribution is 0.495. The summed E-state index contributed by atoms with van der Waals surface area (Å²) in [5.41, 5.74) is 0.928. The molecule has 2 heterocycles. The predicted molar refractivity (Wildman–Crippen MR) is 62.1 cm³/mol. The quantitative estimate of drug-likeness (QED) is 0.835. The van der Waals surface area contributed by atoms with Crippen LogP contribution in [0.25, 0.3) is 0 Å². The van der Waals surface area contributed by atoms with Gasteiger partial charge in [-0.25, -0.2) is 13.4 Å². The highest BCUT2D eigenvalue weighted by Crippen LogP contribution is 2.19. The number of aryl methyl sites for hydroxylation is 1. The standard InChI is InChI=1S/C11H16N2O2S/c1-9-4-6-13-11(7-9)16(14,15)10-3-2-5-12-8-10/h4,6-7,10,12H,2-3,5,8H2,1H3. The first kappa shape index (κ1) is 11.5. The first-order chi connectivity index (χ1) is 7.60. The molecule has 1 atom stereocenters. The van der Waals surface area contributed by atoms with Gasteiger partial charge >= 0.3 is 0 Å². The molecule has 1 N–H and O–H groups in total. The van der Waals surface area contributed by atoms with E-state index in [1.165, 1.54) is 0 Å². The molecule has 1 saturated heterocycles. The molecule has 2 rings (SSSR count). The van der Waals surface area contributed by atoms with Crippen molar-refractivity contribution in [2.24, 2.45) is 0 Å². The molecule has 1 unspecified atom stereocenters. The molecule has 1 aromatic rings. The van der Waals surface area contributed by atoms with Crippen LogP contribution in [-0.4, -0.2) is 31.7 Å². The Balaban J connectivity index is 2.30. The average molecular weight is 240 g/mol. The van der Waals surface area contributed by atoms with Crippen molar-refractivity contribution >= 4 is 9.84 Å². The van der Waals surface area contributed by atoms with Gasteiger partial charge in [-0.15, -0.1) is 0 Å². The molecule has 1 aliphatic heterocycles. The van der Waals surface area contributed by atoms with Crippen molar-refractivity contribution in [1.82, 2.24) is 10.3 Å². The van der Waals surface area contributed by atoms with E-state index < -0.39 is 9.84 Å². The molecule has 1 aliphatic rings. The van der Waals surface area contributed by atoms with Crippen molar-refractivity contribution in [3.8, 4) is 0 Å². The van der Waals surface area contributed by atoms with Crippen LogP contribution in [0.1, 0.15) is 18.4 Å². The highest BCUT2D eigenvalue weighted by molar-refractivity contribution is 7.92. The average Bonchev–Trinajstić information content (AvgIpc) is 2.30. The second-order valence-electron chi connectivity index (χ2n) is 4.18. The Morgan fingerprint density at radius 3 is 2.94 bits per heavy atom. The fraction of sp³-hybridized carbons (Fsp3) is 0.545. The van der Waals surface area contributed by atoms with E-state index in [2.05, 4.69) is 10.3 Å². The lowest BCUT2D eigenvalue weighted by atomic mass is 10.2. The van der Waals surface area contributed by atoms with E-state index in [-0.39, 0.29) is 10.3 Å². The maximum Gasteiger partial charge on any atom is 0.199 e. The zero-order chi connectivity index (χ0) is 11.6. The number of hydrogen-bond acceptors (Lipinski definition) is 4. The van der Waals surface area contributed by atoms with E-state index in [0.717, 1.165) is 24.9 Å². The Morgan fingerprint density at radius 2 is 2.31 bits per heavy atom. The zero-order valence-electron chi connectivity index (χ0n) is 9.31. The van der Waals surface area contributed by atoms with Gasteiger partial charge in [0, 0.05) is 12.7 Å². The van der Waals surface area contributed by atoms with Crippen molar-refractivity contribution in [1.29, 1.82) is 0 Å². The van der Waals surface area contributed by atoms with Gasteiger partial charge in [0.1, 0.15) is 0 Å². The summed E-state index contributed by atoms with van der Waals surface area (Å²) < 4.78 is 24.5. The third kappa shape index (κ3) is 2.25.